The number of hydrogen-bond donors (Lipinski definition) is 3. The van der Waals surface area contributed by atoms with Crippen molar-refractivity contribution in [3.63, 3.8) is 0 Å². The first kappa shape index (κ1) is 22.9. The molecule has 4 aromatic heterocycles. The number of carbonyl (C=O) groups is 1. The van der Waals surface area contributed by atoms with Gasteiger partial charge in [0, 0.05) is 5.56 Å². The lowest BCUT2D eigenvalue weighted by molar-refractivity contribution is -0.176. The molecule has 0 aliphatic carbocycles. The summed E-state index contributed by atoms with van der Waals surface area (Å²) in [6, 6.07) is 10.6. The summed E-state index contributed by atoms with van der Waals surface area (Å²) in [6.45, 7) is 2.00. The first-order valence-electron chi connectivity index (χ1n) is 11.5. The number of furan rings is 1. The number of carbonyl (C=O) groups excluding carboxylic acids is 1. The number of hydrogen-bond acceptors (Lipinski definition) is 10. The molecule has 1 amide bonds. The quantitative estimate of drug-likeness (QED) is 0.290. The van der Waals surface area contributed by atoms with Crippen molar-refractivity contribution in [1.29, 1.82) is 0 Å². The van der Waals surface area contributed by atoms with Crippen LogP contribution < -0.4 is 15.8 Å². The Balaban J connectivity index is 1.53. The Bertz CT molecular complexity index is 1620. The molecule has 0 bridgehead atoms. The van der Waals surface area contributed by atoms with Crippen LogP contribution >= 0.6 is 0 Å². The van der Waals surface area contributed by atoms with Crippen LogP contribution in [0.25, 0.3) is 28.3 Å². The van der Waals surface area contributed by atoms with Gasteiger partial charge in [0.15, 0.2) is 22.6 Å². The fraction of sp³-hybridized carbons (Fsp3) is 0.292. The first-order chi connectivity index (χ1) is 17.8. The molecule has 6 rings (SSSR count). The van der Waals surface area contributed by atoms with E-state index in [0.29, 0.717) is 39.6 Å². The molecule has 0 saturated carbocycles. The minimum absolute atomic E-state index is 0.00622. The van der Waals surface area contributed by atoms with E-state index in [2.05, 4.69) is 25.5 Å². The highest BCUT2D eigenvalue weighted by molar-refractivity contribution is 5.94. The monoisotopic (exact) mass is 504 g/mol. The second-order valence-electron chi connectivity index (χ2n) is 9.08. The Kier molecular flexibility index (Phi) is 5.14. The molecular formula is C24H24N8O5. The number of amides is 1. The molecule has 1 fully saturated rings. The maximum atomic E-state index is 13.9. The molecule has 13 heteroatoms. The van der Waals surface area contributed by atoms with Crippen LogP contribution in [-0.2, 0) is 15.1 Å². The van der Waals surface area contributed by atoms with E-state index in [9.17, 15) is 9.90 Å². The van der Waals surface area contributed by atoms with Crippen LogP contribution in [0.4, 0.5) is 5.95 Å². The molecular weight excluding hydrogens is 480 g/mol. The molecule has 37 heavy (non-hydrogen) atoms. The number of para-hydroxylation sites is 1. The van der Waals surface area contributed by atoms with Crippen LogP contribution in [-0.4, -0.2) is 72.8 Å². The van der Waals surface area contributed by atoms with Gasteiger partial charge in [-0.15, -0.1) is 5.10 Å². The number of nitrogens with two attached hydrogens (primary N) is 1. The van der Waals surface area contributed by atoms with E-state index in [1.807, 2.05) is 6.07 Å². The summed E-state index contributed by atoms with van der Waals surface area (Å²) in [5, 5.41) is 22.9. The van der Waals surface area contributed by atoms with Crippen molar-refractivity contribution in [2.75, 3.05) is 32.6 Å². The lowest BCUT2D eigenvalue weighted by Gasteiger charge is -2.38. The van der Waals surface area contributed by atoms with Gasteiger partial charge in [0.05, 0.1) is 44.7 Å². The molecule has 13 nitrogen and oxygen atoms in total. The zero-order valence-corrected chi connectivity index (χ0v) is 20.1. The molecule has 1 saturated heterocycles. The van der Waals surface area contributed by atoms with E-state index in [0.717, 1.165) is 0 Å². The molecule has 1 aliphatic rings. The molecule has 0 radical (unpaired) electrons. The molecule has 4 N–H and O–H groups in total. The minimum Gasteiger partial charge on any atom is -0.496 e. The molecule has 0 spiro atoms. The number of anilines is 1. The van der Waals surface area contributed by atoms with E-state index in [-0.39, 0.29) is 25.7 Å². The second-order valence-corrected chi connectivity index (χ2v) is 9.08. The van der Waals surface area contributed by atoms with Crippen LogP contribution in [0.3, 0.4) is 0 Å². The predicted octanol–water partition coefficient (Wildman–Crippen LogP) is 0.966. The van der Waals surface area contributed by atoms with E-state index in [1.165, 1.54) is 22.6 Å². The Labute approximate surface area is 209 Å². The van der Waals surface area contributed by atoms with E-state index in [1.54, 1.807) is 43.5 Å². The summed E-state index contributed by atoms with van der Waals surface area (Å²) < 4.78 is 19.0. The standard InChI is InChI=1S/C24H24N8O5/c1-23(15-6-3-4-7-16(15)35-2,21(33)26-11-24(34)12-36-13-24)32-20-14(10-27-32)19-28-18(17-8-5-9-37-17)30-31(19)22(25)29-20/h3-10,34H,11-13H2,1-2H3,(H2,25,29)(H,26,33). The normalized spacial score (nSPS) is 16.4. The summed E-state index contributed by atoms with van der Waals surface area (Å²) in [5.74, 6) is 0.907. The van der Waals surface area contributed by atoms with Gasteiger partial charge in [-0.25, -0.2) is 9.67 Å². The Morgan fingerprint density at radius 1 is 1.24 bits per heavy atom. The maximum Gasteiger partial charge on any atom is 0.252 e. The van der Waals surface area contributed by atoms with E-state index < -0.39 is 17.0 Å². The summed E-state index contributed by atoms with van der Waals surface area (Å²) >= 11 is 0. The third-order valence-corrected chi connectivity index (χ3v) is 6.59. The van der Waals surface area contributed by atoms with Gasteiger partial charge < -0.3 is 30.0 Å². The fourth-order valence-electron chi connectivity index (χ4n) is 4.48. The summed E-state index contributed by atoms with van der Waals surface area (Å²) in [5.41, 5.74) is 4.97. The Morgan fingerprint density at radius 3 is 2.76 bits per heavy atom. The van der Waals surface area contributed by atoms with Crippen molar-refractivity contribution < 1.29 is 23.8 Å². The van der Waals surface area contributed by atoms with Crippen molar-refractivity contribution in [3.05, 3.63) is 54.4 Å². The highest BCUT2D eigenvalue weighted by Gasteiger charge is 2.44. The third-order valence-electron chi connectivity index (χ3n) is 6.59. The number of ether oxygens (including phenoxy) is 2. The molecule has 1 unspecified atom stereocenters. The largest absolute Gasteiger partial charge is 0.496 e. The minimum atomic E-state index is -1.45. The van der Waals surface area contributed by atoms with E-state index >= 15 is 0 Å². The van der Waals surface area contributed by atoms with Crippen molar-refractivity contribution in [3.8, 4) is 17.3 Å². The van der Waals surface area contributed by atoms with Crippen LogP contribution in [0.2, 0.25) is 0 Å². The van der Waals surface area contributed by atoms with Gasteiger partial charge in [0.25, 0.3) is 5.91 Å². The average Bonchev–Trinajstić information content (AvgIpc) is 3.65. The van der Waals surface area contributed by atoms with Crippen molar-refractivity contribution in [2.24, 2.45) is 0 Å². The second kappa shape index (κ2) is 8.28. The number of methoxy groups -OCH3 is 1. The number of rotatable bonds is 7. The van der Waals surface area contributed by atoms with Crippen molar-refractivity contribution >= 4 is 28.5 Å². The fourth-order valence-corrected chi connectivity index (χ4v) is 4.48. The Hall–Kier alpha value is -4.49. The molecule has 1 aliphatic heterocycles. The summed E-state index contributed by atoms with van der Waals surface area (Å²) in [4.78, 5) is 23.0. The number of fused-ring (bicyclic) bond motifs is 3. The number of aliphatic hydroxyl groups is 1. The lowest BCUT2D eigenvalue weighted by atomic mass is 9.89. The molecule has 1 aromatic carbocycles. The van der Waals surface area contributed by atoms with Gasteiger partial charge in [-0.3, -0.25) is 4.79 Å². The van der Waals surface area contributed by atoms with Gasteiger partial charge in [0.1, 0.15) is 11.4 Å². The highest BCUT2D eigenvalue weighted by atomic mass is 16.5. The first-order valence-corrected chi connectivity index (χ1v) is 11.5. The van der Waals surface area contributed by atoms with Gasteiger partial charge in [0.2, 0.25) is 11.8 Å². The number of benzene rings is 1. The number of nitrogen functional groups attached to an aromatic ring is 1. The summed E-state index contributed by atoms with van der Waals surface area (Å²) in [7, 11) is 1.53. The van der Waals surface area contributed by atoms with Gasteiger partial charge in [-0.1, -0.05) is 18.2 Å². The highest BCUT2D eigenvalue weighted by Crippen LogP contribution is 2.36. The maximum absolute atomic E-state index is 13.9. The van der Waals surface area contributed by atoms with Crippen molar-refractivity contribution in [2.45, 2.75) is 18.1 Å². The van der Waals surface area contributed by atoms with Gasteiger partial charge in [-0.05, 0) is 25.1 Å². The molecule has 5 aromatic rings. The van der Waals surface area contributed by atoms with Crippen LogP contribution in [0.15, 0.2) is 53.3 Å². The lowest BCUT2D eigenvalue weighted by Crippen LogP contribution is -2.59. The zero-order valence-electron chi connectivity index (χ0n) is 20.1. The SMILES string of the molecule is COc1ccccc1C(C)(C(=O)NCC1(O)COC1)n1ncc2c1nc(N)n1nc(-c3ccco3)nc21. The van der Waals surface area contributed by atoms with Gasteiger partial charge in [-0.2, -0.15) is 14.6 Å². The Morgan fingerprint density at radius 2 is 2.05 bits per heavy atom. The zero-order chi connectivity index (χ0) is 25.8. The summed E-state index contributed by atoms with van der Waals surface area (Å²) in [6.07, 6.45) is 3.09. The number of aromatic nitrogens is 6. The molecule has 1 atom stereocenters. The topological polar surface area (TPSA) is 168 Å². The van der Waals surface area contributed by atoms with E-state index in [4.69, 9.17) is 19.6 Å². The van der Waals surface area contributed by atoms with Crippen molar-refractivity contribution in [1.82, 2.24) is 34.7 Å². The molecule has 190 valence electrons. The average molecular weight is 505 g/mol. The third kappa shape index (κ3) is 3.50. The van der Waals surface area contributed by atoms with Crippen LogP contribution in [0, 0.1) is 0 Å². The van der Waals surface area contributed by atoms with Crippen LogP contribution in [0.5, 0.6) is 5.75 Å². The number of nitrogens with zero attached hydrogens (tertiary/aromatic N) is 6. The predicted molar refractivity (Wildman–Crippen MR) is 131 cm³/mol. The number of nitrogens with one attached hydrogen (secondary N) is 1. The smallest absolute Gasteiger partial charge is 0.252 e. The van der Waals surface area contributed by atoms with Gasteiger partial charge >= 0.3 is 0 Å². The molecule has 5 heterocycles. The van der Waals surface area contributed by atoms with Crippen LogP contribution in [0.1, 0.15) is 12.5 Å².